The molecule has 0 aliphatic carbocycles. The average Bonchev–Trinajstić information content (AvgIpc) is 2.94. The molecule has 0 radical (unpaired) electrons. The van der Waals surface area contributed by atoms with Crippen LogP contribution in [0, 0.1) is 6.92 Å². The summed E-state index contributed by atoms with van der Waals surface area (Å²) < 4.78 is 26.2. The molecule has 8 heteroatoms. The van der Waals surface area contributed by atoms with Gasteiger partial charge in [-0.05, 0) is 43.3 Å². The molecule has 0 aliphatic heterocycles. The fraction of sp³-hybridized carbons (Fsp3) is 0.111. The van der Waals surface area contributed by atoms with Crippen LogP contribution in [0.15, 0.2) is 64.4 Å². The highest BCUT2D eigenvalue weighted by Gasteiger charge is 2.13. The van der Waals surface area contributed by atoms with Gasteiger partial charge in [0.15, 0.2) is 0 Å². The normalized spacial score (nSPS) is 10.9. The topological polar surface area (TPSA) is 66.9 Å². The molecule has 134 valence electrons. The van der Waals surface area contributed by atoms with E-state index in [1.165, 1.54) is 28.8 Å². The van der Waals surface area contributed by atoms with Crippen LogP contribution in [-0.4, -0.2) is 21.2 Å². The molecule has 5 nitrogen and oxygen atoms in total. The first-order valence-corrected chi connectivity index (χ1v) is 8.56. The van der Waals surface area contributed by atoms with E-state index in [2.05, 4.69) is 10.3 Å². The van der Waals surface area contributed by atoms with Crippen LogP contribution in [-0.2, 0) is 0 Å². The van der Waals surface area contributed by atoms with Gasteiger partial charge in [0.1, 0.15) is 0 Å². The minimum absolute atomic E-state index is 0.308. The Bertz CT molecular complexity index is 981. The molecule has 0 unspecified atom stereocenters. The second kappa shape index (κ2) is 7.57. The van der Waals surface area contributed by atoms with Crippen molar-refractivity contribution in [2.24, 2.45) is 0 Å². The van der Waals surface area contributed by atoms with Gasteiger partial charge in [-0.25, -0.2) is 4.79 Å². The molecular formula is C18H15F2N3O2S. The fourth-order valence-corrected chi connectivity index (χ4v) is 3.01. The van der Waals surface area contributed by atoms with Gasteiger partial charge in [-0.15, -0.1) is 0 Å². The highest BCUT2D eigenvalue weighted by atomic mass is 32.2. The summed E-state index contributed by atoms with van der Waals surface area (Å²) in [4.78, 5) is 27.5. The molecule has 2 N–H and O–H groups in total. The Labute approximate surface area is 152 Å². The van der Waals surface area contributed by atoms with Crippen LogP contribution in [0.4, 0.5) is 14.5 Å². The van der Waals surface area contributed by atoms with Crippen LogP contribution < -0.4 is 11.0 Å². The van der Waals surface area contributed by atoms with Crippen LogP contribution in [0.5, 0.6) is 0 Å². The Morgan fingerprint density at radius 3 is 2.46 bits per heavy atom. The number of aromatic nitrogens is 2. The first kappa shape index (κ1) is 17.9. The van der Waals surface area contributed by atoms with E-state index in [1.807, 2.05) is 0 Å². The van der Waals surface area contributed by atoms with Crippen LogP contribution in [0.3, 0.4) is 0 Å². The van der Waals surface area contributed by atoms with Crippen LogP contribution >= 0.6 is 11.8 Å². The first-order valence-electron chi connectivity index (χ1n) is 7.68. The number of nitrogens with zero attached hydrogens (tertiary/aromatic N) is 1. The third-order valence-corrected chi connectivity index (χ3v) is 4.42. The molecule has 1 heterocycles. The number of hydrogen-bond donors (Lipinski definition) is 2. The second-order valence-electron chi connectivity index (χ2n) is 5.44. The zero-order valence-electron chi connectivity index (χ0n) is 13.7. The number of benzene rings is 2. The van der Waals surface area contributed by atoms with Gasteiger partial charge in [0, 0.05) is 22.3 Å². The third-order valence-electron chi connectivity index (χ3n) is 3.70. The number of hydrogen-bond acceptors (Lipinski definition) is 3. The molecule has 2 aromatic carbocycles. The average molecular weight is 375 g/mol. The summed E-state index contributed by atoms with van der Waals surface area (Å²) in [6.07, 6.45) is 1.58. The number of carbonyl (C=O) groups excluding carboxylic acids is 1. The van der Waals surface area contributed by atoms with E-state index in [0.717, 1.165) is 0 Å². The van der Waals surface area contributed by atoms with Gasteiger partial charge in [0.05, 0.1) is 11.4 Å². The molecule has 1 amide bonds. The Balaban J connectivity index is 1.86. The van der Waals surface area contributed by atoms with Gasteiger partial charge in [0.25, 0.3) is 11.7 Å². The molecule has 0 saturated heterocycles. The smallest absolute Gasteiger partial charge is 0.320 e. The number of rotatable bonds is 5. The molecule has 3 aromatic rings. The van der Waals surface area contributed by atoms with Crippen LogP contribution in [0.2, 0.25) is 0 Å². The van der Waals surface area contributed by atoms with E-state index in [1.54, 1.807) is 37.4 Å². The number of aromatic amines is 1. The van der Waals surface area contributed by atoms with E-state index >= 15 is 0 Å². The Morgan fingerprint density at radius 1 is 1.15 bits per heavy atom. The van der Waals surface area contributed by atoms with Crippen molar-refractivity contribution in [3.8, 4) is 5.69 Å². The lowest BCUT2D eigenvalue weighted by Gasteiger charge is -2.12. The lowest BCUT2D eigenvalue weighted by molar-refractivity contribution is 0.102. The Hall–Kier alpha value is -2.87. The number of thioether (sulfide) groups is 1. The van der Waals surface area contributed by atoms with E-state index < -0.39 is 11.7 Å². The Morgan fingerprint density at radius 2 is 1.85 bits per heavy atom. The van der Waals surface area contributed by atoms with Gasteiger partial charge < -0.3 is 10.3 Å². The fourth-order valence-electron chi connectivity index (χ4n) is 2.51. The van der Waals surface area contributed by atoms with Gasteiger partial charge in [0.2, 0.25) is 0 Å². The molecular weight excluding hydrogens is 360 g/mol. The molecule has 0 bridgehead atoms. The third kappa shape index (κ3) is 3.85. The van der Waals surface area contributed by atoms with Gasteiger partial charge >= 0.3 is 5.69 Å². The molecule has 0 atom stereocenters. The molecule has 3 rings (SSSR count). The van der Waals surface area contributed by atoms with Crippen molar-refractivity contribution in [2.75, 3.05) is 5.32 Å². The molecule has 0 saturated carbocycles. The summed E-state index contributed by atoms with van der Waals surface area (Å²) in [6, 6.07) is 12.8. The molecule has 1 aromatic heterocycles. The van der Waals surface area contributed by atoms with Crippen molar-refractivity contribution >= 4 is 23.4 Å². The van der Waals surface area contributed by atoms with Crippen molar-refractivity contribution < 1.29 is 13.6 Å². The largest absolute Gasteiger partial charge is 0.330 e. The van der Waals surface area contributed by atoms with Gasteiger partial charge in [-0.1, -0.05) is 23.9 Å². The SMILES string of the molecule is Cc1c[nH]c(=O)n1-c1ccccc1NC(=O)c1ccc(SC(F)F)cc1. The van der Waals surface area contributed by atoms with Crippen molar-refractivity contribution in [2.45, 2.75) is 17.6 Å². The Kier molecular flexibility index (Phi) is 5.22. The van der Waals surface area contributed by atoms with Crippen LogP contribution in [0.1, 0.15) is 16.1 Å². The number of nitrogens with one attached hydrogen (secondary N) is 2. The lowest BCUT2D eigenvalue weighted by atomic mass is 10.2. The van der Waals surface area contributed by atoms with E-state index in [4.69, 9.17) is 0 Å². The number of amides is 1. The second-order valence-corrected chi connectivity index (χ2v) is 6.51. The number of imidazole rings is 1. The summed E-state index contributed by atoms with van der Waals surface area (Å²) in [5, 5.41) is 2.76. The maximum absolute atomic E-state index is 12.5. The number of H-pyrrole nitrogens is 1. The predicted molar refractivity (Wildman–Crippen MR) is 97.4 cm³/mol. The van der Waals surface area contributed by atoms with Crippen molar-refractivity contribution in [1.29, 1.82) is 0 Å². The quantitative estimate of drug-likeness (QED) is 0.662. The molecule has 0 spiro atoms. The zero-order chi connectivity index (χ0) is 18.7. The minimum atomic E-state index is -2.51. The summed E-state index contributed by atoms with van der Waals surface area (Å²) in [6.45, 7) is 1.77. The molecule has 0 aliphatic rings. The number of halogens is 2. The van der Waals surface area contributed by atoms with E-state index in [0.29, 0.717) is 39.3 Å². The van der Waals surface area contributed by atoms with E-state index in [9.17, 15) is 18.4 Å². The standard InChI is InChI=1S/C18H15F2N3O2S/c1-11-10-21-18(25)23(11)15-5-3-2-4-14(15)22-16(24)12-6-8-13(9-7-12)26-17(19)20/h2-10,17H,1H3,(H,21,25)(H,22,24). The number of para-hydroxylation sites is 2. The first-order chi connectivity index (χ1) is 12.5. The van der Waals surface area contributed by atoms with Crippen molar-refractivity contribution in [1.82, 2.24) is 9.55 Å². The number of anilines is 1. The number of aryl methyl sites for hydroxylation is 1. The predicted octanol–water partition coefficient (Wildman–Crippen LogP) is 4.04. The summed E-state index contributed by atoms with van der Waals surface area (Å²) in [5.41, 5.74) is 1.72. The lowest BCUT2D eigenvalue weighted by Crippen LogP contribution is -2.19. The number of carbonyl (C=O) groups is 1. The number of alkyl halides is 2. The molecule has 26 heavy (non-hydrogen) atoms. The highest BCUT2D eigenvalue weighted by Crippen LogP contribution is 2.26. The van der Waals surface area contributed by atoms with Gasteiger partial charge in [-0.2, -0.15) is 8.78 Å². The highest BCUT2D eigenvalue weighted by molar-refractivity contribution is 7.99. The van der Waals surface area contributed by atoms with Crippen molar-refractivity contribution in [3.05, 3.63) is 76.5 Å². The maximum atomic E-state index is 12.5. The zero-order valence-corrected chi connectivity index (χ0v) is 14.5. The summed E-state index contributed by atoms with van der Waals surface area (Å²) in [7, 11) is 0. The minimum Gasteiger partial charge on any atom is -0.320 e. The van der Waals surface area contributed by atoms with Gasteiger partial charge in [-0.3, -0.25) is 9.36 Å². The molecule has 0 fully saturated rings. The van der Waals surface area contributed by atoms with E-state index in [-0.39, 0.29) is 5.69 Å². The maximum Gasteiger partial charge on any atom is 0.330 e. The summed E-state index contributed by atoms with van der Waals surface area (Å²) >= 11 is 0.420. The van der Waals surface area contributed by atoms with Crippen molar-refractivity contribution in [3.63, 3.8) is 0 Å². The van der Waals surface area contributed by atoms with Crippen LogP contribution in [0.25, 0.3) is 5.69 Å². The summed E-state index contributed by atoms with van der Waals surface area (Å²) in [5.74, 6) is -2.91. The monoisotopic (exact) mass is 375 g/mol.